The van der Waals surface area contributed by atoms with Gasteiger partial charge in [0, 0.05) is 0 Å². The Hall–Kier alpha value is -0.280. The highest BCUT2D eigenvalue weighted by molar-refractivity contribution is 9.28. The van der Waals surface area contributed by atoms with Crippen molar-refractivity contribution in [2.45, 2.75) is 20.0 Å². The third-order valence-electron chi connectivity index (χ3n) is 1.53. The summed E-state index contributed by atoms with van der Waals surface area (Å²) >= 11 is 6.63. The summed E-state index contributed by atoms with van der Waals surface area (Å²) in [5.41, 5.74) is 1.13. The average molecular weight is 320 g/mol. The minimum absolute atomic E-state index is 0.222. The molecule has 0 bridgehead atoms. The van der Waals surface area contributed by atoms with Crippen LogP contribution in [0.2, 0.25) is 0 Å². The molecule has 0 saturated carbocycles. The van der Waals surface area contributed by atoms with E-state index in [1.165, 1.54) is 0 Å². The summed E-state index contributed by atoms with van der Waals surface area (Å²) in [4.78, 5) is 0. The summed E-state index contributed by atoms with van der Waals surface area (Å²) in [5, 5.41) is 0. The predicted molar refractivity (Wildman–Crippen MR) is 68.0 cm³/mol. The van der Waals surface area contributed by atoms with E-state index in [0.717, 1.165) is 14.7 Å². The van der Waals surface area contributed by atoms with Crippen LogP contribution in [0.3, 0.4) is 0 Å². The Kier molecular flexibility index (Phi) is 4.69. The van der Waals surface area contributed by atoms with Gasteiger partial charge in [-0.15, -0.1) is 0 Å². The summed E-state index contributed by atoms with van der Waals surface area (Å²) in [7, 11) is 0. The summed E-state index contributed by atoms with van der Waals surface area (Å²) in [6.07, 6.45) is 2.21. The fourth-order valence-electron chi connectivity index (χ4n) is 1.04. The van der Waals surface area contributed by atoms with E-state index >= 15 is 0 Å². The molecule has 0 saturated heterocycles. The molecule has 1 aromatic rings. The van der Waals surface area contributed by atoms with E-state index in [4.69, 9.17) is 4.74 Å². The Bertz CT molecular complexity index is 311. The molecular weight excluding hydrogens is 308 g/mol. The Morgan fingerprint density at radius 2 is 1.79 bits per heavy atom. The van der Waals surface area contributed by atoms with Crippen molar-refractivity contribution < 1.29 is 4.74 Å². The number of hydrogen-bond acceptors (Lipinski definition) is 1. The molecule has 1 aromatic carbocycles. The Morgan fingerprint density at radius 3 is 2.21 bits per heavy atom. The van der Waals surface area contributed by atoms with Crippen molar-refractivity contribution in [1.82, 2.24) is 0 Å². The van der Waals surface area contributed by atoms with Crippen LogP contribution in [0.25, 0.3) is 6.08 Å². The van der Waals surface area contributed by atoms with Crippen molar-refractivity contribution in [3.05, 3.63) is 33.2 Å². The molecule has 0 N–H and O–H groups in total. The monoisotopic (exact) mass is 318 g/mol. The maximum Gasteiger partial charge on any atom is 0.119 e. The predicted octanol–water partition coefficient (Wildman–Crippen LogP) is 4.56. The fraction of sp³-hybridized carbons (Fsp3) is 0.273. The molecule has 0 fully saturated rings. The lowest BCUT2D eigenvalue weighted by atomic mass is 10.2. The number of halogens is 2. The molecule has 1 rings (SSSR count). The molecule has 0 radical (unpaired) electrons. The van der Waals surface area contributed by atoms with Gasteiger partial charge < -0.3 is 4.74 Å². The van der Waals surface area contributed by atoms with E-state index < -0.39 is 0 Å². The number of rotatable bonds is 3. The largest absolute Gasteiger partial charge is 0.491 e. The van der Waals surface area contributed by atoms with Crippen molar-refractivity contribution in [2.75, 3.05) is 0 Å². The molecule has 0 aromatic heterocycles. The van der Waals surface area contributed by atoms with Gasteiger partial charge in [-0.25, -0.2) is 0 Å². The number of ether oxygens (including phenoxy) is 1. The van der Waals surface area contributed by atoms with E-state index in [0.29, 0.717) is 0 Å². The second kappa shape index (κ2) is 5.56. The van der Waals surface area contributed by atoms with Gasteiger partial charge in [-0.3, -0.25) is 0 Å². The Balaban J connectivity index is 2.74. The van der Waals surface area contributed by atoms with Gasteiger partial charge in [-0.2, -0.15) is 0 Å². The van der Waals surface area contributed by atoms with Gasteiger partial charge in [-0.05, 0) is 69.5 Å². The van der Waals surface area contributed by atoms with Gasteiger partial charge in [0.25, 0.3) is 0 Å². The van der Waals surface area contributed by atoms with E-state index in [2.05, 4.69) is 31.9 Å². The summed E-state index contributed by atoms with van der Waals surface area (Å²) in [6.45, 7) is 4.03. The Morgan fingerprint density at radius 1 is 1.21 bits per heavy atom. The van der Waals surface area contributed by atoms with Crippen LogP contribution < -0.4 is 4.74 Å². The first kappa shape index (κ1) is 11.8. The van der Waals surface area contributed by atoms with Crippen LogP contribution >= 0.6 is 31.9 Å². The van der Waals surface area contributed by atoms with Crippen LogP contribution in [-0.4, -0.2) is 6.10 Å². The third kappa shape index (κ3) is 4.29. The Labute approximate surface area is 101 Å². The van der Waals surface area contributed by atoms with E-state index in [9.17, 15) is 0 Å². The van der Waals surface area contributed by atoms with Crippen molar-refractivity contribution >= 4 is 37.9 Å². The molecule has 0 unspecified atom stereocenters. The second-order valence-electron chi connectivity index (χ2n) is 3.17. The standard InChI is InChI=1S/C11H12Br2O/c1-8(2)14-10-5-3-9(4-6-10)7-11(12)13/h3-8H,1-2H3. The van der Waals surface area contributed by atoms with Gasteiger partial charge in [0.2, 0.25) is 0 Å². The lowest BCUT2D eigenvalue weighted by molar-refractivity contribution is 0.242. The van der Waals surface area contributed by atoms with Gasteiger partial charge in [0.15, 0.2) is 0 Å². The zero-order valence-corrected chi connectivity index (χ0v) is 11.3. The quantitative estimate of drug-likeness (QED) is 0.793. The van der Waals surface area contributed by atoms with Crippen LogP contribution in [0.1, 0.15) is 19.4 Å². The van der Waals surface area contributed by atoms with Crippen molar-refractivity contribution in [2.24, 2.45) is 0 Å². The molecule has 0 heterocycles. The third-order valence-corrected chi connectivity index (χ3v) is 1.99. The van der Waals surface area contributed by atoms with Crippen LogP contribution in [0.5, 0.6) is 5.75 Å². The molecule has 1 nitrogen and oxygen atoms in total. The maximum atomic E-state index is 5.53. The normalized spacial score (nSPS) is 10.1. The second-order valence-corrected chi connectivity index (χ2v) is 5.94. The highest BCUT2D eigenvalue weighted by Crippen LogP contribution is 2.20. The first-order chi connectivity index (χ1) is 6.58. The van der Waals surface area contributed by atoms with E-state index in [1.54, 1.807) is 0 Å². The molecule has 0 spiro atoms. The van der Waals surface area contributed by atoms with Gasteiger partial charge in [-0.1, -0.05) is 12.1 Å². The molecule has 0 atom stereocenters. The average Bonchev–Trinajstić information content (AvgIpc) is 2.06. The van der Waals surface area contributed by atoms with Crippen LogP contribution in [0.4, 0.5) is 0 Å². The fourth-order valence-corrected chi connectivity index (χ4v) is 1.57. The van der Waals surface area contributed by atoms with Gasteiger partial charge >= 0.3 is 0 Å². The SMILES string of the molecule is CC(C)Oc1ccc(C=C(Br)Br)cc1. The lowest BCUT2D eigenvalue weighted by Gasteiger charge is -2.09. The highest BCUT2D eigenvalue weighted by Gasteiger charge is 1.96. The van der Waals surface area contributed by atoms with Gasteiger partial charge in [0.05, 0.1) is 9.50 Å². The summed E-state index contributed by atoms with van der Waals surface area (Å²) in [6, 6.07) is 7.96. The molecule has 0 aliphatic heterocycles. The van der Waals surface area contributed by atoms with Crippen LogP contribution in [0, 0.1) is 0 Å². The topological polar surface area (TPSA) is 9.23 Å². The van der Waals surface area contributed by atoms with Crippen molar-refractivity contribution in [3.63, 3.8) is 0 Å². The zero-order valence-electron chi connectivity index (χ0n) is 8.13. The maximum absolute atomic E-state index is 5.53. The molecule has 0 aliphatic carbocycles. The summed E-state index contributed by atoms with van der Waals surface area (Å²) in [5.74, 6) is 0.905. The molecule has 0 aliphatic rings. The van der Waals surface area contributed by atoms with Crippen molar-refractivity contribution in [1.29, 1.82) is 0 Å². The smallest absolute Gasteiger partial charge is 0.119 e. The van der Waals surface area contributed by atoms with E-state index in [1.807, 2.05) is 44.2 Å². The lowest BCUT2D eigenvalue weighted by Crippen LogP contribution is -2.05. The molecule has 14 heavy (non-hydrogen) atoms. The molecule has 76 valence electrons. The number of hydrogen-bond donors (Lipinski definition) is 0. The summed E-state index contributed by atoms with van der Waals surface area (Å²) < 4.78 is 6.46. The molecular formula is C11H12Br2O. The highest BCUT2D eigenvalue weighted by atomic mass is 79.9. The zero-order chi connectivity index (χ0) is 10.6. The van der Waals surface area contributed by atoms with E-state index in [-0.39, 0.29) is 6.10 Å². The molecule has 0 amide bonds. The minimum atomic E-state index is 0.222. The molecule has 3 heteroatoms. The van der Waals surface area contributed by atoms with Crippen molar-refractivity contribution in [3.8, 4) is 5.75 Å². The first-order valence-corrected chi connectivity index (χ1v) is 5.96. The first-order valence-electron chi connectivity index (χ1n) is 4.37. The minimum Gasteiger partial charge on any atom is -0.491 e. The number of benzene rings is 1. The van der Waals surface area contributed by atoms with Crippen LogP contribution in [0.15, 0.2) is 27.7 Å². The van der Waals surface area contributed by atoms with Gasteiger partial charge in [0.1, 0.15) is 5.75 Å². The van der Waals surface area contributed by atoms with Crippen LogP contribution in [-0.2, 0) is 0 Å².